The topological polar surface area (TPSA) is 9.23 Å². The molecule has 2 aromatic rings. The molecule has 0 aromatic heterocycles. The standard InChI is InChI=1S/C15H12Br2F2O/c1-20-15-8-14(19)13(17)7-11(15)12(16)6-9-2-4-10(18)5-3-9/h2-5,7-8,12H,6H2,1H3. The lowest BCUT2D eigenvalue weighted by molar-refractivity contribution is 0.405. The lowest BCUT2D eigenvalue weighted by atomic mass is 10.0. The summed E-state index contributed by atoms with van der Waals surface area (Å²) in [6.07, 6.45) is 0.648. The summed E-state index contributed by atoms with van der Waals surface area (Å²) in [6, 6.07) is 9.35. The number of rotatable bonds is 4. The minimum absolute atomic E-state index is 0.0557. The maximum atomic E-state index is 13.5. The van der Waals surface area contributed by atoms with Crippen molar-refractivity contribution in [2.75, 3.05) is 7.11 Å². The van der Waals surface area contributed by atoms with E-state index in [0.29, 0.717) is 16.6 Å². The van der Waals surface area contributed by atoms with Gasteiger partial charge in [0.2, 0.25) is 0 Å². The molecule has 2 aromatic carbocycles. The van der Waals surface area contributed by atoms with Gasteiger partial charge in [0.15, 0.2) is 0 Å². The molecule has 0 saturated heterocycles. The molecule has 1 unspecified atom stereocenters. The van der Waals surface area contributed by atoms with Crippen LogP contribution in [-0.2, 0) is 6.42 Å². The predicted octanol–water partition coefficient (Wildman–Crippen LogP) is 5.41. The number of hydrogen-bond donors (Lipinski definition) is 0. The highest BCUT2D eigenvalue weighted by atomic mass is 79.9. The zero-order chi connectivity index (χ0) is 14.7. The van der Waals surface area contributed by atoms with E-state index in [0.717, 1.165) is 11.1 Å². The van der Waals surface area contributed by atoms with E-state index in [2.05, 4.69) is 31.9 Å². The molecule has 0 spiro atoms. The molecule has 0 bridgehead atoms. The van der Waals surface area contributed by atoms with Gasteiger partial charge in [0.25, 0.3) is 0 Å². The summed E-state index contributed by atoms with van der Waals surface area (Å²) in [5.74, 6) is -0.149. The van der Waals surface area contributed by atoms with Gasteiger partial charge < -0.3 is 4.74 Å². The number of methoxy groups -OCH3 is 1. The molecule has 0 fully saturated rings. The van der Waals surface area contributed by atoms with Crippen LogP contribution in [0.5, 0.6) is 5.75 Å². The van der Waals surface area contributed by atoms with E-state index in [9.17, 15) is 8.78 Å². The summed E-state index contributed by atoms with van der Waals surface area (Å²) in [5, 5.41) is 0. The SMILES string of the molecule is COc1cc(F)c(Br)cc1C(Br)Cc1ccc(F)cc1. The first-order valence-electron chi connectivity index (χ1n) is 5.92. The lowest BCUT2D eigenvalue weighted by Gasteiger charge is -2.15. The number of benzene rings is 2. The molecule has 1 atom stereocenters. The molecule has 0 amide bonds. The van der Waals surface area contributed by atoms with E-state index in [1.807, 2.05) is 0 Å². The minimum Gasteiger partial charge on any atom is -0.496 e. The van der Waals surface area contributed by atoms with E-state index in [1.54, 1.807) is 18.2 Å². The number of alkyl halides is 1. The van der Waals surface area contributed by atoms with Crippen molar-refractivity contribution in [2.45, 2.75) is 11.2 Å². The molecule has 0 N–H and O–H groups in total. The number of ether oxygens (including phenoxy) is 1. The highest BCUT2D eigenvalue weighted by Crippen LogP contribution is 2.36. The van der Waals surface area contributed by atoms with Crippen LogP contribution in [0.2, 0.25) is 0 Å². The van der Waals surface area contributed by atoms with Crippen molar-refractivity contribution in [3.63, 3.8) is 0 Å². The normalized spacial score (nSPS) is 12.2. The fourth-order valence-corrected chi connectivity index (χ4v) is 3.00. The van der Waals surface area contributed by atoms with Crippen molar-refractivity contribution in [1.29, 1.82) is 0 Å². The van der Waals surface area contributed by atoms with Gasteiger partial charge in [-0.15, -0.1) is 0 Å². The van der Waals surface area contributed by atoms with Crippen molar-refractivity contribution in [2.24, 2.45) is 0 Å². The zero-order valence-corrected chi connectivity index (χ0v) is 13.8. The summed E-state index contributed by atoms with van der Waals surface area (Å²) < 4.78 is 32.0. The Morgan fingerprint density at radius 1 is 1.15 bits per heavy atom. The molecule has 0 aliphatic rings. The zero-order valence-electron chi connectivity index (χ0n) is 10.7. The maximum Gasteiger partial charge on any atom is 0.141 e. The van der Waals surface area contributed by atoms with Crippen LogP contribution in [0.15, 0.2) is 40.9 Å². The highest BCUT2D eigenvalue weighted by molar-refractivity contribution is 9.10. The fourth-order valence-electron chi connectivity index (χ4n) is 1.90. The van der Waals surface area contributed by atoms with Crippen molar-refractivity contribution < 1.29 is 13.5 Å². The first-order chi connectivity index (χ1) is 9.51. The molecule has 0 aliphatic carbocycles. The highest BCUT2D eigenvalue weighted by Gasteiger charge is 2.16. The van der Waals surface area contributed by atoms with Crippen LogP contribution in [-0.4, -0.2) is 7.11 Å². The van der Waals surface area contributed by atoms with Gasteiger partial charge in [-0.25, -0.2) is 8.78 Å². The van der Waals surface area contributed by atoms with Gasteiger partial charge in [0, 0.05) is 16.5 Å². The minimum atomic E-state index is -0.368. The van der Waals surface area contributed by atoms with Gasteiger partial charge in [-0.3, -0.25) is 0 Å². The average molecular weight is 406 g/mol. The van der Waals surface area contributed by atoms with Crippen molar-refractivity contribution in [3.8, 4) is 5.75 Å². The average Bonchev–Trinajstić information content (AvgIpc) is 2.43. The molecule has 0 heterocycles. The molecule has 20 heavy (non-hydrogen) atoms. The molecule has 0 aliphatic heterocycles. The van der Waals surface area contributed by atoms with Gasteiger partial charge >= 0.3 is 0 Å². The molecule has 0 radical (unpaired) electrons. The third kappa shape index (κ3) is 3.58. The fraction of sp³-hybridized carbons (Fsp3) is 0.200. The van der Waals surface area contributed by atoms with Crippen LogP contribution >= 0.6 is 31.9 Å². The predicted molar refractivity (Wildman–Crippen MR) is 82.4 cm³/mol. The molecule has 106 valence electrons. The summed E-state index contributed by atoms with van der Waals surface area (Å²) >= 11 is 6.75. The number of hydrogen-bond acceptors (Lipinski definition) is 1. The quantitative estimate of drug-likeness (QED) is 0.617. The van der Waals surface area contributed by atoms with E-state index >= 15 is 0 Å². The van der Waals surface area contributed by atoms with Crippen LogP contribution in [0.25, 0.3) is 0 Å². The Morgan fingerprint density at radius 3 is 2.40 bits per heavy atom. The first-order valence-corrected chi connectivity index (χ1v) is 7.63. The molecular weight excluding hydrogens is 394 g/mol. The van der Waals surface area contributed by atoms with Crippen molar-refractivity contribution >= 4 is 31.9 Å². The molecular formula is C15H12Br2F2O. The second kappa shape index (κ2) is 6.68. The van der Waals surface area contributed by atoms with Crippen LogP contribution in [0, 0.1) is 11.6 Å². The third-order valence-corrected chi connectivity index (χ3v) is 4.36. The van der Waals surface area contributed by atoms with Gasteiger partial charge in [-0.1, -0.05) is 28.1 Å². The maximum absolute atomic E-state index is 13.5. The van der Waals surface area contributed by atoms with Gasteiger partial charge in [-0.2, -0.15) is 0 Å². The lowest BCUT2D eigenvalue weighted by Crippen LogP contribution is -2.00. The van der Waals surface area contributed by atoms with Gasteiger partial charge in [0.05, 0.1) is 11.6 Å². The van der Waals surface area contributed by atoms with Gasteiger partial charge in [-0.05, 0) is 46.1 Å². The smallest absolute Gasteiger partial charge is 0.141 e. The Bertz CT molecular complexity index is 600. The third-order valence-electron chi connectivity index (χ3n) is 2.94. The van der Waals surface area contributed by atoms with Crippen LogP contribution in [0.1, 0.15) is 16.0 Å². The van der Waals surface area contributed by atoms with Crippen LogP contribution < -0.4 is 4.74 Å². The summed E-state index contributed by atoms with van der Waals surface area (Å²) in [4.78, 5) is -0.0557. The Balaban J connectivity index is 2.26. The monoisotopic (exact) mass is 404 g/mol. The van der Waals surface area contributed by atoms with Gasteiger partial charge in [0.1, 0.15) is 17.4 Å². The molecule has 1 nitrogen and oxygen atoms in total. The Morgan fingerprint density at radius 2 is 1.80 bits per heavy atom. The van der Waals surface area contributed by atoms with Crippen molar-refractivity contribution in [3.05, 3.63) is 63.6 Å². The van der Waals surface area contributed by atoms with E-state index < -0.39 is 0 Å². The Labute approximate surface area is 133 Å². The van der Waals surface area contributed by atoms with Crippen molar-refractivity contribution in [1.82, 2.24) is 0 Å². The van der Waals surface area contributed by atoms with E-state index in [-0.39, 0.29) is 16.5 Å². The van der Waals surface area contributed by atoms with Crippen LogP contribution in [0.4, 0.5) is 8.78 Å². The van der Waals surface area contributed by atoms with Crippen LogP contribution in [0.3, 0.4) is 0 Å². The second-order valence-corrected chi connectivity index (χ2v) is 6.27. The second-order valence-electron chi connectivity index (χ2n) is 4.31. The number of halogens is 4. The molecule has 5 heteroatoms. The summed E-state index contributed by atoms with van der Waals surface area (Å²) in [6.45, 7) is 0. The van der Waals surface area contributed by atoms with E-state index in [1.165, 1.54) is 25.3 Å². The summed E-state index contributed by atoms with van der Waals surface area (Å²) in [5.41, 5.74) is 1.82. The molecule has 2 rings (SSSR count). The van der Waals surface area contributed by atoms with E-state index in [4.69, 9.17) is 4.74 Å². The summed E-state index contributed by atoms with van der Waals surface area (Å²) in [7, 11) is 1.50. The Hall–Kier alpha value is -0.940. The largest absolute Gasteiger partial charge is 0.496 e. The molecule has 0 saturated carbocycles. The first kappa shape index (κ1) is 15.4. The Kier molecular flexibility index (Phi) is 5.16.